The molecule has 1 aliphatic rings. The molecule has 106 valence electrons. The van der Waals surface area contributed by atoms with Gasteiger partial charge in [0.05, 0.1) is 0 Å². The smallest absolute Gasteiger partial charge is 0.129 e. The largest absolute Gasteiger partial charge is 0.314 e. The van der Waals surface area contributed by atoms with Gasteiger partial charge in [-0.3, -0.25) is 0 Å². The van der Waals surface area contributed by atoms with Gasteiger partial charge in [0.25, 0.3) is 0 Å². The second-order valence-electron chi connectivity index (χ2n) is 5.50. The number of halogens is 2. The molecular formula is C16H23F2N. The first-order valence-corrected chi connectivity index (χ1v) is 7.39. The van der Waals surface area contributed by atoms with Crippen LogP contribution in [0.3, 0.4) is 0 Å². The van der Waals surface area contributed by atoms with E-state index in [1.807, 2.05) is 0 Å². The molecule has 0 spiro atoms. The van der Waals surface area contributed by atoms with E-state index < -0.39 is 0 Å². The second-order valence-corrected chi connectivity index (χ2v) is 5.50. The molecule has 0 amide bonds. The molecule has 1 saturated carbocycles. The molecule has 1 aromatic rings. The zero-order chi connectivity index (χ0) is 13.7. The van der Waals surface area contributed by atoms with Crippen LogP contribution in [0.2, 0.25) is 0 Å². The van der Waals surface area contributed by atoms with Crippen molar-refractivity contribution >= 4 is 0 Å². The normalized spacial score (nSPS) is 24.2. The minimum atomic E-state index is -0.388. The van der Waals surface area contributed by atoms with Gasteiger partial charge < -0.3 is 5.32 Å². The highest BCUT2D eigenvalue weighted by Gasteiger charge is 2.25. The van der Waals surface area contributed by atoms with Gasteiger partial charge in [-0.25, -0.2) is 8.78 Å². The third-order valence-electron chi connectivity index (χ3n) is 4.02. The standard InChI is InChI=1S/C16H23F2N/c1-2-10-19-13-7-4-3-6-12(11-13)16-14(17)8-5-9-15(16)18/h5,8-9,12-13,19H,2-4,6-7,10-11H2,1H3. The van der Waals surface area contributed by atoms with Crippen molar-refractivity contribution in [2.75, 3.05) is 6.54 Å². The number of rotatable bonds is 4. The predicted octanol–water partition coefficient (Wildman–Crippen LogP) is 4.38. The van der Waals surface area contributed by atoms with Crippen molar-refractivity contribution in [1.29, 1.82) is 0 Å². The van der Waals surface area contributed by atoms with Crippen molar-refractivity contribution in [2.24, 2.45) is 0 Å². The van der Waals surface area contributed by atoms with Gasteiger partial charge in [0.15, 0.2) is 0 Å². The monoisotopic (exact) mass is 267 g/mol. The van der Waals surface area contributed by atoms with Crippen LogP contribution in [0.4, 0.5) is 8.78 Å². The molecule has 0 aliphatic heterocycles. The first-order chi connectivity index (χ1) is 9.22. The SMILES string of the molecule is CCCNC1CCCCC(c2c(F)cccc2F)C1. The molecule has 3 heteroatoms. The highest BCUT2D eigenvalue weighted by Crippen LogP contribution is 2.34. The number of nitrogens with one attached hydrogen (secondary N) is 1. The Kier molecular flexibility index (Phi) is 5.32. The van der Waals surface area contributed by atoms with E-state index in [1.165, 1.54) is 18.2 Å². The van der Waals surface area contributed by atoms with Crippen LogP contribution in [0.25, 0.3) is 0 Å². The van der Waals surface area contributed by atoms with Crippen molar-refractivity contribution in [1.82, 2.24) is 5.32 Å². The van der Waals surface area contributed by atoms with Gasteiger partial charge in [-0.2, -0.15) is 0 Å². The number of hydrogen-bond acceptors (Lipinski definition) is 1. The van der Waals surface area contributed by atoms with Crippen LogP contribution in [-0.4, -0.2) is 12.6 Å². The average molecular weight is 267 g/mol. The van der Waals surface area contributed by atoms with Gasteiger partial charge in [-0.1, -0.05) is 25.8 Å². The molecule has 2 unspecified atom stereocenters. The summed E-state index contributed by atoms with van der Waals surface area (Å²) in [7, 11) is 0. The fourth-order valence-electron chi connectivity index (χ4n) is 3.06. The average Bonchev–Trinajstić information content (AvgIpc) is 2.62. The molecule has 0 radical (unpaired) electrons. The lowest BCUT2D eigenvalue weighted by Crippen LogP contribution is -2.30. The zero-order valence-electron chi connectivity index (χ0n) is 11.6. The Hall–Kier alpha value is -0.960. The molecule has 0 saturated heterocycles. The quantitative estimate of drug-likeness (QED) is 0.798. The summed E-state index contributed by atoms with van der Waals surface area (Å²) in [6.07, 6.45) is 6.15. The van der Waals surface area contributed by atoms with E-state index in [-0.39, 0.29) is 17.6 Å². The lowest BCUT2D eigenvalue weighted by atomic mass is 9.89. The van der Waals surface area contributed by atoms with Gasteiger partial charge in [0.2, 0.25) is 0 Å². The Morgan fingerprint density at radius 3 is 2.53 bits per heavy atom. The zero-order valence-corrected chi connectivity index (χ0v) is 11.6. The molecule has 19 heavy (non-hydrogen) atoms. The number of hydrogen-bond donors (Lipinski definition) is 1. The summed E-state index contributed by atoms with van der Waals surface area (Å²) < 4.78 is 27.8. The van der Waals surface area contributed by atoms with E-state index >= 15 is 0 Å². The van der Waals surface area contributed by atoms with E-state index in [1.54, 1.807) is 0 Å². The molecular weight excluding hydrogens is 244 g/mol. The molecule has 0 aromatic heterocycles. The lowest BCUT2D eigenvalue weighted by Gasteiger charge is -2.22. The third kappa shape index (κ3) is 3.75. The predicted molar refractivity (Wildman–Crippen MR) is 74.3 cm³/mol. The summed E-state index contributed by atoms with van der Waals surface area (Å²) in [5.41, 5.74) is 0.299. The molecule has 1 nitrogen and oxygen atoms in total. The Balaban J connectivity index is 2.13. The first-order valence-electron chi connectivity index (χ1n) is 7.39. The van der Waals surface area contributed by atoms with E-state index in [4.69, 9.17) is 0 Å². The maximum absolute atomic E-state index is 13.9. The summed E-state index contributed by atoms with van der Waals surface area (Å²) in [6, 6.07) is 4.58. The van der Waals surface area contributed by atoms with Crippen molar-refractivity contribution in [3.8, 4) is 0 Å². The van der Waals surface area contributed by atoms with Gasteiger partial charge in [0.1, 0.15) is 11.6 Å². The van der Waals surface area contributed by atoms with E-state index in [0.29, 0.717) is 11.6 Å². The molecule has 2 atom stereocenters. The topological polar surface area (TPSA) is 12.0 Å². The summed E-state index contributed by atoms with van der Waals surface area (Å²) in [4.78, 5) is 0. The van der Waals surface area contributed by atoms with Crippen LogP contribution in [0.1, 0.15) is 56.9 Å². The van der Waals surface area contributed by atoms with E-state index in [9.17, 15) is 8.78 Å². The molecule has 1 fully saturated rings. The van der Waals surface area contributed by atoms with Crippen LogP contribution in [0.5, 0.6) is 0 Å². The van der Waals surface area contributed by atoms with E-state index in [2.05, 4.69) is 12.2 Å². The highest BCUT2D eigenvalue weighted by atomic mass is 19.1. The molecule has 2 rings (SSSR count). The summed E-state index contributed by atoms with van der Waals surface area (Å²) in [6.45, 7) is 3.12. The van der Waals surface area contributed by atoms with Gasteiger partial charge in [0, 0.05) is 11.6 Å². The Morgan fingerprint density at radius 1 is 1.16 bits per heavy atom. The van der Waals surface area contributed by atoms with Crippen LogP contribution >= 0.6 is 0 Å². The maximum Gasteiger partial charge on any atom is 0.129 e. The van der Waals surface area contributed by atoms with Crippen molar-refractivity contribution in [3.63, 3.8) is 0 Å². The van der Waals surface area contributed by atoms with Crippen molar-refractivity contribution in [2.45, 2.75) is 57.4 Å². The molecule has 1 aliphatic carbocycles. The van der Waals surface area contributed by atoms with Gasteiger partial charge >= 0.3 is 0 Å². The molecule has 0 heterocycles. The minimum absolute atomic E-state index is 0.0121. The van der Waals surface area contributed by atoms with Crippen LogP contribution in [0.15, 0.2) is 18.2 Å². The lowest BCUT2D eigenvalue weighted by molar-refractivity contribution is 0.423. The summed E-state index contributed by atoms with van der Waals surface area (Å²) >= 11 is 0. The van der Waals surface area contributed by atoms with Gasteiger partial charge in [-0.05, 0) is 50.3 Å². The fourth-order valence-corrected chi connectivity index (χ4v) is 3.06. The number of benzene rings is 1. The molecule has 0 bridgehead atoms. The fraction of sp³-hybridized carbons (Fsp3) is 0.625. The van der Waals surface area contributed by atoms with Crippen molar-refractivity contribution < 1.29 is 8.78 Å². The van der Waals surface area contributed by atoms with Gasteiger partial charge in [-0.15, -0.1) is 0 Å². The van der Waals surface area contributed by atoms with Crippen LogP contribution in [-0.2, 0) is 0 Å². The first kappa shape index (κ1) is 14.4. The summed E-state index contributed by atoms with van der Waals surface area (Å²) in [5.74, 6) is -0.764. The van der Waals surface area contributed by atoms with Crippen LogP contribution < -0.4 is 5.32 Å². The van der Waals surface area contributed by atoms with Crippen molar-refractivity contribution in [3.05, 3.63) is 35.4 Å². The minimum Gasteiger partial charge on any atom is -0.314 e. The third-order valence-corrected chi connectivity index (χ3v) is 4.02. The Labute approximate surface area is 114 Å². The Bertz CT molecular complexity index is 385. The Morgan fingerprint density at radius 2 is 1.84 bits per heavy atom. The van der Waals surface area contributed by atoms with E-state index in [0.717, 1.165) is 45.1 Å². The highest BCUT2D eigenvalue weighted by molar-refractivity contribution is 5.24. The van der Waals surface area contributed by atoms with Crippen LogP contribution in [0, 0.1) is 11.6 Å². The maximum atomic E-state index is 13.9. The molecule has 1 N–H and O–H groups in total. The molecule has 1 aromatic carbocycles. The summed E-state index contributed by atoms with van der Waals surface area (Å²) in [5, 5.41) is 3.51. The second kappa shape index (κ2) is 6.99.